The molecule has 0 bridgehead atoms. The fraction of sp³-hybridized carbons (Fsp3) is 0.143. The molecular formula is C21H17BrClN3O. The minimum Gasteiger partial charge on any atom is -0.367 e. The molecule has 4 nitrogen and oxygen atoms in total. The fourth-order valence-electron chi connectivity index (χ4n) is 3.33. The Morgan fingerprint density at radius 3 is 2.85 bits per heavy atom. The third-order valence-corrected chi connectivity index (χ3v) is 5.40. The molecule has 27 heavy (non-hydrogen) atoms. The number of pyridine rings is 1. The summed E-state index contributed by atoms with van der Waals surface area (Å²) in [7, 11) is 0. The molecule has 1 amide bonds. The Bertz CT molecular complexity index is 1010. The predicted octanol–water partition coefficient (Wildman–Crippen LogP) is 5.31. The third-order valence-electron chi connectivity index (χ3n) is 4.66. The van der Waals surface area contributed by atoms with Crippen molar-refractivity contribution in [3.8, 4) is 0 Å². The molecule has 1 aliphatic rings. The second-order valence-corrected chi connectivity index (χ2v) is 7.68. The van der Waals surface area contributed by atoms with Crippen LogP contribution in [0.3, 0.4) is 0 Å². The summed E-state index contributed by atoms with van der Waals surface area (Å²) in [5.74, 6) is -0.275. The van der Waals surface area contributed by atoms with E-state index in [2.05, 4.69) is 55.4 Å². The molecule has 0 fully saturated rings. The van der Waals surface area contributed by atoms with E-state index in [9.17, 15) is 4.79 Å². The zero-order valence-corrected chi connectivity index (χ0v) is 16.8. The minimum absolute atomic E-state index is 0.182. The Morgan fingerprint density at radius 1 is 1.19 bits per heavy atom. The van der Waals surface area contributed by atoms with Crippen molar-refractivity contribution in [2.45, 2.75) is 13.0 Å². The smallest absolute Gasteiger partial charge is 0.258 e. The van der Waals surface area contributed by atoms with Crippen LogP contribution in [-0.4, -0.2) is 17.4 Å². The highest BCUT2D eigenvalue weighted by atomic mass is 79.9. The summed E-state index contributed by atoms with van der Waals surface area (Å²) >= 11 is 9.42. The van der Waals surface area contributed by atoms with Crippen molar-refractivity contribution in [3.05, 3.63) is 87.1 Å². The highest BCUT2D eigenvalue weighted by Crippen LogP contribution is 2.30. The second-order valence-electron chi connectivity index (χ2n) is 6.40. The van der Waals surface area contributed by atoms with Gasteiger partial charge in [-0.2, -0.15) is 0 Å². The average Bonchev–Trinajstić information content (AvgIpc) is 3.08. The predicted molar refractivity (Wildman–Crippen MR) is 113 cm³/mol. The van der Waals surface area contributed by atoms with Gasteiger partial charge in [0, 0.05) is 35.1 Å². The Balaban J connectivity index is 1.57. The lowest BCUT2D eigenvalue weighted by Crippen LogP contribution is -2.21. The molecule has 6 heteroatoms. The number of para-hydroxylation sites is 2. The van der Waals surface area contributed by atoms with Crippen molar-refractivity contribution < 1.29 is 4.79 Å². The summed E-state index contributed by atoms with van der Waals surface area (Å²) in [5.41, 5.74) is 4.81. The van der Waals surface area contributed by atoms with Crippen LogP contribution >= 0.6 is 27.5 Å². The number of rotatable bonds is 4. The number of hydrogen-bond acceptors (Lipinski definition) is 3. The molecule has 0 radical (unpaired) electrons. The molecule has 0 aliphatic carbocycles. The molecular weight excluding hydrogens is 426 g/mol. The Labute approximate surface area is 171 Å². The molecule has 1 aliphatic heterocycles. The van der Waals surface area contributed by atoms with Crippen LogP contribution < -0.4 is 10.2 Å². The van der Waals surface area contributed by atoms with E-state index in [4.69, 9.17) is 11.6 Å². The maximum atomic E-state index is 12.7. The number of nitrogens with zero attached hydrogens (tertiary/aromatic N) is 2. The number of fused-ring (bicyclic) bond motifs is 1. The van der Waals surface area contributed by atoms with Gasteiger partial charge in [0.25, 0.3) is 5.91 Å². The number of amides is 1. The Hall–Kier alpha value is -2.37. The average molecular weight is 443 g/mol. The number of anilines is 2. The van der Waals surface area contributed by atoms with E-state index in [1.165, 1.54) is 11.3 Å². The van der Waals surface area contributed by atoms with Crippen LogP contribution in [0.2, 0.25) is 5.15 Å². The maximum absolute atomic E-state index is 12.7. The van der Waals surface area contributed by atoms with Gasteiger partial charge in [0.2, 0.25) is 0 Å². The van der Waals surface area contributed by atoms with Gasteiger partial charge in [-0.25, -0.2) is 4.98 Å². The summed E-state index contributed by atoms with van der Waals surface area (Å²) in [6.07, 6.45) is 2.61. The number of aromatic nitrogens is 1. The molecule has 4 rings (SSSR count). The van der Waals surface area contributed by atoms with Crippen molar-refractivity contribution >= 4 is 44.8 Å². The Morgan fingerprint density at radius 2 is 1.96 bits per heavy atom. The molecule has 2 heterocycles. The standard InChI is InChI=1S/C21H17BrClN3O/c22-16-11-17(20(23)24-12-16)21(27)25-18-7-3-1-6-15(18)13-26-10-9-14-5-2-4-8-19(14)26/h1-8,11-12H,9-10,13H2,(H,25,27). The van der Waals surface area contributed by atoms with E-state index in [1.54, 1.807) is 12.3 Å². The van der Waals surface area contributed by atoms with Gasteiger partial charge in [-0.1, -0.05) is 48.0 Å². The van der Waals surface area contributed by atoms with E-state index in [-0.39, 0.29) is 11.1 Å². The molecule has 0 spiro atoms. The molecule has 0 saturated carbocycles. The molecule has 136 valence electrons. The lowest BCUT2D eigenvalue weighted by molar-refractivity contribution is 0.102. The van der Waals surface area contributed by atoms with Gasteiger partial charge < -0.3 is 10.2 Å². The number of hydrogen-bond donors (Lipinski definition) is 1. The van der Waals surface area contributed by atoms with Gasteiger partial charge in [0.1, 0.15) is 5.15 Å². The first-order valence-corrected chi connectivity index (χ1v) is 9.82. The first kappa shape index (κ1) is 18.0. The third kappa shape index (κ3) is 3.84. The quantitative estimate of drug-likeness (QED) is 0.557. The van der Waals surface area contributed by atoms with Gasteiger partial charge in [-0.05, 0) is 51.7 Å². The summed E-state index contributed by atoms with van der Waals surface area (Å²) in [6.45, 7) is 1.71. The van der Waals surface area contributed by atoms with Crippen LogP contribution in [0.15, 0.2) is 65.3 Å². The molecule has 3 aromatic rings. The van der Waals surface area contributed by atoms with Crippen molar-refractivity contribution in [2.75, 3.05) is 16.8 Å². The van der Waals surface area contributed by atoms with Crippen LogP contribution in [0, 0.1) is 0 Å². The largest absolute Gasteiger partial charge is 0.367 e. The minimum atomic E-state index is -0.275. The molecule has 0 atom stereocenters. The van der Waals surface area contributed by atoms with E-state index < -0.39 is 0 Å². The number of carbonyl (C=O) groups is 1. The van der Waals surface area contributed by atoms with E-state index in [0.717, 1.165) is 30.8 Å². The summed E-state index contributed by atoms with van der Waals surface area (Å²) in [4.78, 5) is 19.1. The van der Waals surface area contributed by atoms with E-state index >= 15 is 0 Å². The van der Waals surface area contributed by atoms with Crippen LogP contribution in [0.1, 0.15) is 21.5 Å². The van der Waals surface area contributed by atoms with Crippen LogP contribution in [-0.2, 0) is 13.0 Å². The monoisotopic (exact) mass is 441 g/mol. The zero-order valence-electron chi connectivity index (χ0n) is 14.5. The second kappa shape index (κ2) is 7.71. The number of nitrogens with one attached hydrogen (secondary N) is 1. The number of halogens is 2. The van der Waals surface area contributed by atoms with Crippen molar-refractivity contribution in [2.24, 2.45) is 0 Å². The van der Waals surface area contributed by atoms with Gasteiger partial charge in [0.15, 0.2) is 0 Å². The SMILES string of the molecule is O=C(Nc1ccccc1CN1CCc2ccccc21)c1cc(Br)cnc1Cl. The van der Waals surface area contributed by atoms with Crippen molar-refractivity contribution in [1.29, 1.82) is 0 Å². The van der Waals surface area contributed by atoms with Gasteiger partial charge in [-0.15, -0.1) is 0 Å². The summed E-state index contributed by atoms with van der Waals surface area (Å²) < 4.78 is 0.707. The first-order valence-electron chi connectivity index (χ1n) is 8.65. The topological polar surface area (TPSA) is 45.2 Å². The molecule has 1 N–H and O–H groups in total. The highest BCUT2D eigenvalue weighted by Gasteiger charge is 2.20. The molecule has 0 unspecified atom stereocenters. The van der Waals surface area contributed by atoms with Gasteiger partial charge >= 0.3 is 0 Å². The number of carbonyl (C=O) groups excluding carboxylic acids is 1. The van der Waals surface area contributed by atoms with Crippen LogP contribution in [0.5, 0.6) is 0 Å². The van der Waals surface area contributed by atoms with E-state index in [1.807, 2.05) is 24.3 Å². The summed E-state index contributed by atoms with van der Waals surface area (Å²) in [5, 5.41) is 3.16. The maximum Gasteiger partial charge on any atom is 0.258 e. The lowest BCUT2D eigenvalue weighted by Gasteiger charge is -2.21. The van der Waals surface area contributed by atoms with Crippen molar-refractivity contribution in [3.63, 3.8) is 0 Å². The van der Waals surface area contributed by atoms with Crippen molar-refractivity contribution in [1.82, 2.24) is 4.98 Å². The van der Waals surface area contributed by atoms with Gasteiger partial charge in [0.05, 0.1) is 5.56 Å². The molecule has 2 aromatic carbocycles. The Kier molecular flexibility index (Phi) is 5.14. The normalized spacial score (nSPS) is 12.7. The molecule has 1 aromatic heterocycles. The lowest BCUT2D eigenvalue weighted by atomic mass is 10.1. The van der Waals surface area contributed by atoms with Crippen LogP contribution in [0.4, 0.5) is 11.4 Å². The first-order chi connectivity index (χ1) is 13.1. The highest BCUT2D eigenvalue weighted by molar-refractivity contribution is 9.10. The summed E-state index contributed by atoms with van der Waals surface area (Å²) in [6, 6.07) is 18.0. The fourth-order valence-corrected chi connectivity index (χ4v) is 3.85. The van der Waals surface area contributed by atoms with Gasteiger partial charge in [-0.3, -0.25) is 4.79 Å². The number of benzene rings is 2. The zero-order chi connectivity index (χ0) is 18.8. The molecule has 0 saturated heterocycles. The van der Waals surface area contributed by atoms with E-state index in [0.29, 0.717) is 10.0 Å². The van der Waals surface area contributed by atoms with Crippen LogP contribution in [0.25, 0.3) is 0 Å².